The Labute approximate surface area is 221 Å². The number of alkyl carbamates (subject to hydrolysis) is 1. The van der Waals surface area contributed by atoms with E-state index in [0.717, 1.165) is 16.9 Å². The molecule has 200 valence electrons. The molecule has 1 aliphatic heterocycles. The molecule has 0 unspecified atom stereocenters. The molecule has 0 radical (unpaired) electrons. The second-order valence-corrected chi connectivity index (χ2v) is 8.54. The number of carbonyl (C=O) groups excluding carboxylic acids is 1. The molecule has 11 nitrogen and oxygen atoms in total. The highest BCUT2D eigenvalue weighted by atomic mass is 16.6. The number of hydrogen-bond acceptors (Lipinski definition) is 10. The number of aromatic nitrogens is 2. The number of morpholine rings is 1. The number of methoxy groups -OCH3 is 1. The smallest absolute Gasteiger partial charge is 0.407 e. The summed E-state index contributed by atoms with van der Waals surface area (Å²) in [5.74, 6) is 1.83. The number of nitrogens with zero attached hydrogens (tertiary/aromatic N) is 5. The van der Waals surface area contributed by atoms with E-state index >= 15 is 0 Å². The third-order valence-electron chi connectivity index (χ3n) is 5.67. The van der Waals surface area contributed by atoms with Gasteiger partial charge < -0.3 is 29.2 Å². The van der Waals surface area contributed by atoms with E-state index in [-0.39, 0.29) is 19.2 Å². The zero-order chi connectivity index (χ0) is 26.6. The molecule has 38 heavy (non-hydrogen) atoms. The molecule has 1 aromatic heterocycles. The number of carbonyl (C=O) groups is 1. The van der Waals surface area contributed by atoms with Crippen molar-refractivity contribution >= 4 is 17.7 Å². The van der Waals surface area contributed by atoms with Crippen LogP contribution < -0.4 is 19.7 Å². The Bertz CT molecular complexity index is 1210. The summed E-state index contributed by atoms with van der Waals surface area (Å²) in [5, 5.41) is 11.3. The Kier molecular flexibility index (Phi) is 9.80. The van der Waals surface area contributed by atoms with E-state index in [0.29, 0.717) is 51.0 Å². The van der Waals surface area contributed by atoms with Gasteiger partial charge in [-0.05, 0) is 30.2 Å². The van der Waals surface area contributed by atoms with Crippen molar-refractivity contribution in [3.63, 3.8) is 0 Å². The van der Waals surface area contributed by atoms with Crippen molar-refractivity contribution in [1.82, 2.24) is 15.3 Å². The molecule has 1 fully saturated rings. The lowest BCUT2D eigenvalue weighted by Gasteiger charge is -2.27. The molecule has 0 aliphatic carbocycles. The van der Waals surface area contributed by atoms with Crippen LogP contribution in [0.3, 0.4) is 0 Å². The highest BCUT2D eigenvalue weighted by molar-refractivity contribution is 5.67. The summed E-state index contributed by atoms with van der Waals surface area (Å²) in [6.07, 6.45) is -0.543. The second-order valence-electron chi connectivity index (χ2n) is 8.54. The number of azo groups is 1. The number of hydrogen-bond donors (Lipinski definition) is 1. The van der Waals surface area contributed by atoms with E-state index in [2.05, 4.69) is 36.5 Å². The molecular weight excluding hydrogens is 488 g/mol. The Morgan fingerprint density at radius 3 is 2.63 bits per heavy atom. The van der Waals surface area contributed by atoms with Crippen molar-refractivity contribution in [2.24, 2.45) is 10.2 Å². The molecule has 0 bridgehead atoms. The quantitative estimate of drug-likeness (QED) is 0.295. The number of aryl methyl sites for hydroxylation is 1. The third-order valence-corrected chi connectivity index (χ3v) is 5.67. The second kappa shape index (κ2) is 13.9. The van der Waals surface area contributed by atoms with Crippen LogP contribution in [0.15, 0.2) is 64.8 Å². The fourth-order valence-corrected chi connectivity index (χ4v) is 3.71. The third kappa shape index (κ3) is 8.41. The molecule has 2 aromatic carbocycles. The van der Waals surface area contributed by atoms with Gasteiger partial charge in [0.05, 0.1) is 26.9 Å². The summed E-state index contributed by atoms with van der Waals surface area (Å²) in [4.78, 5) is 23.0. The van der Waals surface area contributed by atoms with Crippen LogP contribution in [0.1, 0.15) is 16.7 Å². The predicted octanol–water partition coefficient (Wildman–Crippen LogP) is 4.22. The van der Waals surface area contributed by atoms with Crippen LogP contribution >= 0.6 is 0 Å². The summed E-state index contributed by atoms with van der Waals surface area (Å²) in [7, 11) is 1.61. The average Bonchev–Trinajstić information content (AvgIpc) is 2.95. The molecule has 0 saturated carbocycles. The molecule has 4 rings (SSSR count). The number of ether oxygens (including phenoxy) is 4. The van der Waals surface area contributed by atoms with Gasteiger partial charge in [-0.25, -0.2) is 4.79 Å². The van der Waals surface area contributed by atoms with Crippen LogP contribution in [-0.2, 0) is 22.6 Å². The van der Waals surface area contributed by atoms with Gasteiger partial charge in [0.25, 0.3) is 0 Å². The number of nitrogens with one attached hydrogen (secondary N) is 1. The molecule has 3 aromatic rings. The van der Waals surface area contributed by atoms with Gasteiger partial charge in [-0.1, -0.05) is 42.0 Å². The summed E-state index contributed by atoms with van der Waals surface area (Å²) in [6.45, 7) is 5.57. The monoisotopic (exact) mass is 520 g/mol. The standard InChI is InChI=1S/C27H32N6O5/c1-20-4-3-5-22(16-20)19-29-32-24-17-25(33-10-12-36-13-11-33)31-26(30-24)37-14-15-38-27(34)28-18-21-6-8-23(35-2)9-7-21/h3-9,16-17H,10-15,18-19H2,1-2H3,(H,28,34). The molecule has 0 spiro atoms. The molecule has 11 heteroatoms. The first kappa shape index (κ1) is 26.8. The topological polar surface area (TPSA) is 120 Å². The van der Waals surface area contributed by atoms with Crippen molar-refractivity contribution in [3.8, 4) is 11.8 Å². The minimum Gasteiger partial charge on any atom is -0.497 e. The van der Waals surface area contributed by atoms with E-state index in [1.165, 1.54) is 5.56 Å². The van der Waals surface area contributed by atoms with E-state index in [1.54, 1.807) is 13.2 Å². The maximum absolute atomic E-state index is 12.0. The van der Waals surface area contributed by atoms with Crippen LogP contribution in [0.5, 0.6) is 11.8 Å². The molecule has 1 N–H and O–H groups in total. The zero-order valence-electron chi connectivity index (χ0n) is 21.6. The molecular formula is C27H32N6O5. The number of anilines is 1. The Morgan fingerprint density at radius 2 is 1.87 bits per heavy atom. The Morgan fingerprint density at radius 1 is 1.05 bits per heavy atom. The van der Waals surface area contributed by atoms with Gasteiger partial charge >= 0.3 is 12.1 Å². The van der Waals surface area contributed by atoms with Crippen LogP contribution in [0.4, 0.5) is 16.4 Å². The maximum atomic E-state index is 12.0. The lowest BCUT2D eigenvalue weighted by Crippen LogP contribution is -2.36. The van der Waals surface area contributed by atoms with Crippen LogP contribution in [-0.4, -0.2) is 62.7 Å². The van der Waals surface area contributed by atoms with Gasteiger partial charge in [-0.2, -0.15) is 15.1 Å². The van der Waals surface area contributed by atoms with Gasteiger partial charge in [0.1, 0.15) is 24.8 Å². The zero-order valence-corrected chi connectivity index (χ0v) is 21.6. The van der Waals surface area contributed by atoms with Crippen LogP contribution in [0.2, 0.25) is 0 Å². The van der Waals surface area contributed by atoms with Gasteiger partial charge in [0, 0.05) is 25.7 Å². The van der Waals surface area contributed by atoms with E-state index < -0.39 is 6.09 Å². The summed E-state index contributed by atoms with van der Waals surface area (Å²) in [6, 6.07) is 17.4. The number of amides is 1. The van der Waals surface area contributed by atoms with Crippen molar-refractivity contribution in [2.75, 3.05) is 51.5 Å². The molecule has 1 amide bonds. The predicted molar refractivity (Wildman–Crippen MR) is 141 cm³/mol. The number of benzene rings is 2. The lowest BCUT2D eigenvalue weighted by atomic mass is 10.1. The van der Waals surface area contributed by atoms with E-state index in [9.17, 15) is 4.79 Å². The molecule has 1 aliphatic rings. The first-order chi connectivity index (χ1) is 18.6. The van der Waals surface area contributed by atoms with Crippen molar-refractivity contribution in [3.05, 3.63) is 71.3 Å². The van der Waals surface area contributed by atoms with Gasteiger partial charge in [-0.3, -0.25) is 0 Å². The largest absolute Gasteiger partial charge is 0.497 e. The normalized spacial score (nSPS) is 13.4. The Balaban J connectivity index is 1.30. The van der Waals surface area contributed by atoms with E-state index in [4.69, 9.17) is 18.9 Å². The molecule has 1 saturated heterocycles. The van der Waals surface area contributed by atoms with Crippen molar-refractivity contribution in [1.29, 1.82) is 0 Å². The van der Waals surface area contributed by atoms with Crippen LogP contribution in [0, 0.1) is 6.92 Å². The lowest BCUT2D eigenvalue weighted by molar-refractivity contribution is 0.120. The van der Waals surface area contributed by atoms with Crippen molar-refractivity contribution < 1.29 is 23.7 Å². The first-order valence-electron chi connectivity index (χ1n) is 12.4. The summed E-state index contributed by atoms with van der Waals surface area (Å²) in [5.41, 5.74) is 3.16. The first-order valence-corrected chi connectivity index (χ1v) is 12.4. The molecule has 0 atom stereocenters. The highest BCUT2D eigenvalue weighted by Gasteiger charge is 2.16. The fourth-order valence-electron chi connectivity index (χ4n) is 3.71. The minimum atomic E-state index is -0.543. The fraction of sp³-hybridized carbons (Fsp3) is 0.370. The van der Waals surface area contributed by atoms with Gasteiger partial charge in [0.2, 0.25) is 0 Å². The van der Waals surface area contributed by atoms with E-state index in [1.807, 2.05) is 49.4 Å². The maximum Gasteiger partial charge on any atom is 0.407 e. The molecule has 2 heterocycles. The van der Waals surface area contributed by atoms with Gasteiger partial charge in [-0.15, -0.1) is 5.11 Å². The average molecular weight is 521 g/mol. The minimum absolute atomic E-state index is 0.0315. The summed E-state index contributed by atoms with van der Waals surface area (Å²) >= 11 is 0. The SMILES string of the molecule is COc1ccc(CNC(=O)OCCOc2nc(N=NCc3cccc(C)c3)cc(N3CCOCC3)n2)cc1. The highest BCUT2D eigenvalue weighted by Crippen LogP contribution is 2.23. The van der Waals surface area contributed by atoms with Gasteiger partial charge in [0.15, 0.2) is 5.82 Å². The summed E-state index contributed by atoms with van der Waals surface area (Å²) < 4.78 is 21.5. The van der Waals surface area contributed by atoms with Crippen molar-refractivity contribution in [2.45, 2.75) is 20.0 Å². The Hall–Kier alpha value is -4.25. The number of rotatable bonds is 11. The van der Waals surface area contributed by atoms with Crippen LogP contribution in [0.25, 0.3) is 0 Å².